The lowest BCUT2D eigenvalue weighted by Gasteiger charge is -2.23. The van der Waals surface area contributed by atoms with Gasteiger partial charge in [0.05, 0.1) is 11.3 Å². The van der Waals surface area contributed by atoms with E-state index in [0.29, 0.717) is 11.3 Å². The van der Waals surface area contributed by atoms with Crippen LogP contribution < -0.4 is 16.0 Å². The molecule has 5 nitrogen and oxygen atoms in total. The van der Waals surface area contributed by atoms with Gasteiger partial charge in [0.15, 0.2) is 0 Å². The maximum Gasteiger partial charge on any atom is 0.253 e. The third-order valence-corrected chi connectivity index (χ3v) is 4.95. The summed E-state index contributed by atoms with van der Waals surface area (Å²) in [5.74, 6) is -0.00853. The Morgan fingerprint density at radius 3 is 2.61 bits per heavy atom. The Bertz CT molecular complexity index is 606. The molecule has 1 aliphatic heterocycles. The zero-order valence-corrected chi connectivity index (χ0v) is 13.8. The van der Waals surface area contributed by atoms with Crippen molar-refractivity contribution in [3.05, 3.63) is 29.8 Å². The van der Waals surface area contributed by atoms with Gasteiger partial charge < -0.3 is 16.0 Å². The van der Waals surface area contributed by atoms with Crippen molar-refractivity contribution in [1.82, 2.24) is 10.6 Å². The number of benzene rings is 1. The summed E-state index contributed by atoms with van der Waals surface area (Å²) in [4.78, 5) is 24.8. The van der Waals surface area contributed by atoms with Crippen LogP contribution in [0.25, 0.3) is 0 Å². The molecule has 1 unspecified atom stereocenters. The number of anilines is 1. The maximum atomic E-state index is 12.6. The minimum Gasteiger partial charge on any atom is -0.350 e. The number of nitrogens with one attached hydrogen (secondary N) is 3. The van der Waals surface area contributed by atoms with Crippen LogP contribution in [0, 0.1) is 11.3 Å². The van der Waals surface area contributed by atoms with Gasteiger partial charge in [0.2, 0.25) is 5.91 Å². The first-order valence-corrected chi connectivity index (χ1v) is 8.43. The molecule has 1 aliphatic carbocycles. The first kappa shape index (κ1) is 16.0. The van der Waals surface area contributed by atoms with Gasteiger partial charge in [-0.1, -0.05) is 12.1 Å². The van der Waals surface area contributed by atoms with Crippen molar-refractivity contribution in [1.29, 1.82) is 0 Å². The number of carbonyl (C=O) groups excluding carboxylic acids is 2. The van der Waals surface area contributed by atoms with Crippen LogP contribution >= 0.6 is 0 Å². The normalized spacial score (nSPS) is 22.0. The molecule has 1 aromatic carbocycles. The van der Waals surface area contributed by atoms with Crippen LogP contribution in [0.2, 0.25) is 0 Å². The van der Waals surface area contributed by atoms with Crippen molar-refractivity contribution < 1.29 is 9.59 Å². The largest absolute Gasteiger partial charge is 0.350 e. The summed E-state index contributed by atoms with van der Waals surface area (Å²) in [5.41, 5.74) is 1.32. The Morgan fingerprint density at radius 1 is 1.22 bits per heavy atom. The fourth-order valence-electron chi connectivity index (χ4n) is 3.55. The highest BCUT2D eigenvalue weighted by atomic mass is 16.2. The molecular formula is C18H25N3O2. The molecule has 0 bridgehead atoms. The van der Waals surface area contributed by atoms with Crippen molar-refractivity contribution in [2.24, 2.45) is 11.3 Å². The summed E-state index contributed by atoms with van der Waals surface area (Å²) in [5, 5.41) is 9.20. The number of hydrogen-bond acceptors (Lipinski definition) is 3. The number of amides is 2. The van der Waals surface area contributed by atoms with Gasteiger partial charge in [0.1, 0.15) is 0 Å². The van der Waals surface area contributed by atoms with Crippen LogP contribution in [0.1, 0.15) is 43.5 Å². The molecule has 1 saturated carbocycles. The number of hydrogen-bond donors (Lipinski definition) is 3. The summed E-state index contributed by atoms with van der Waals surface area (Å²) in [6.45, 7) is 5.84. The highest BCUT2D eigenvalue weighted by Crippen LogP contribution is 2.58. The highest BCUT2D eigenvalue weighted by molar-refractivity contribution is 6.04. The van der Waals surface area contributed by atoms with Gasteiger partial charge in [0.25, 0.3) is 5.91 Å². The van der Waals surface area contributed by atoms with E-state index in [4.69, 9.17) is 0 Å². The van der Waals surface area contributed by atoms with E-state index < -0.39 is 0 Å². The van der Waals surface area contributed by atoms with Gasteiger partial charge in [-0.15, -0.1) is 0 Å². The number of rotatable bonds is 4. The second-order valence-electron chi connectivity index (χ2n) is 7.03. The molecule has 3 N–H and O–H groups in total. The van der Waals surface area contributed by atoms with Crippen LogP contribution in [-0.2, 0) is 4.79 Å². The standard InChI is InChI=1S/C18H25N3O2/c1-12(2)20-16(22)13-5-3-4-6-15(13)21-17(23)14-11-18(14)7-9-19-10-8-18/h3-6,12,14,19H,7-11H2,1-2H3,(H,20,22)(H,21,23). The lowest BCUT2D eigenvalue weighted by atomic mass is 9.91. The van der Waals surface area contributed by atoms with E-state index in [2.05, 4.69) is 16.0 Å². The molecule has 2 aliphatic rings. The molecule has 23 heavy (non-hydrogen) atoms. The predicted octanol–water partition coefficient (Wildman–Crippen LogP) is 2.15. The average Bonchev–Trinajstić information content (AvgIpc) is 3.21. The molecule has 3 rings (SSSR count). The zero-order chi connectivity index (χ0) is 16.4. The Labute approximate surface area is 137 Å². The molecule has 2 fully saturated rings. The lowest BCUT2D eigenvalue weighted by Crippen LogP contribution is -2.32. The Kier molecular flexibility index (Phi) is 4.39. The van der Waals surface area contributed by atoms with E-state index >= 15 is 0 Å². The fourth-order valence-corrected chi connectivity index (χ4v) is 3.55. The summed E-state index contributed by atoms with van der Waals surface area (Å²) in [6, 6.07) is 7.27. The number of para-hydroxylation sites is 1. The molecule has 124 valence electrons. The van der Waals surface area contributed by atoms with Crippen molar-refractivity contribution in [3.8, 4) is 0 Å². The van der Waals surface area contributed by atoms with Gasteiger partial charge in [-0.05, 0) is 63.7 Å². The van der Waals surface area contributed by atoms with Crippen molar-refractivity contribution >= 4 is 17.5 Å². The topological polar surface area (TPSA) is 70.2 Å². The van der Waals surface area contributed by atoms with Gasteiger partial charge in [-0.25, -0.2) is 0 Å². The SMILES string of the molecule is CC(C)NC(=O)c1ccccc1NC(=O)C1CC12CCNCC2. The number of carbonyl (C=O) groups is 2. The quantitative estimate of drug-likeness (QED) is 0.797. The van der Waals surface area contributed by atoms with E-state index in [-0.39, 0.29) is 29.2 Å². The molecule has 1 spiro atoms. The second-order valence-corrected chi connectivity index (χ2v) is 7.03. The third kappa shape index (κ3) is 3.39. The summed E-state index contributed by atoms with van der Waals surface area (Å²) in [7, 11) is 0. The summed E-state index contributed by atoms with van der Waals surface area (Å²) >= 11 is 0. The van der Waals surface area contributed by atoms with Crippen LogP contribution in [0.15, 0.2) is 24.3 Å². The second kappa shape index (κ2) is 6.32. The molecule has 1 saturated heterocycles. The first-order valence-electron chi connectivity index (χ1n) is 8.43. The van der Waals surface area contributed by atoms with Crippen LogP contribution in [0.4, 0.5) is 5.69 Å². The van der Waals surface area contributed by atoms with E-state index in [9.17, 15) is 9.59 Å². The minimum absolute atomic E-state index is 0.0525. The van der Waals surface area contributed by atoms with Crippen molar-refractivity contribution in [2.75, 3.05) is 18.4 Å². The summed E-state index contributed by atoms with van der Waals surface area (Å²) in [6.07, 6.45) is 3.11. The third-order valence-electron chi connectivity index (χ3n) is 4.95. The maximum absolute atomic E-state index is 12.6. The zero-order valence-electron chi connectivity index (χ0n) is 13.8. The minimum atomic E-state index is -0.150. The van der Waals surface area contributed by atoms with Crippen molar-refractivity contribution in [3.63, 3.8) is 0 Å². The molecule has 1 aromatic rings. The Balaban J connectivity index is 1.69. The van der Waals surface area contributed by atoms with E-state index in [0.717, 1.165) is 32.4 Å². The lowest BCUT2D eigenvalue weighted by molar-refractivity contribution is -0.118. The molecule has 0 radical (unpaired) electrons. The average molecular weight is 315 g/mol. The molecular weight excluding hydrogens is 290 g/mol. The fraction of sp³-hybridized carbons (Fsp3) is 0.556. The predicted molar refractivity (Wildman–Crippen MR) is 90.3 cm³/mol. The molecule has 0 aromatic heterocycles. The van der Waals surface area contributed by atoms with E-state index in [1.165, 1.54) is 0 Å². The van der Waals surface area contributed by atoms with Gasteiger partial charge in [-0.2, -0.15) is 0 Å². The van der Waals surface area contributed by atoms with Gasteiger partial charge >= 0.3 is 0 Å². The highest BCUT2D eigenvalue weighted by Gasteiger charge is 2.57. The Hall–Kier alpha value is -1.88. The smallest absolute Gasteiger partial charge is 0.253 e. The summed E-state index contributed by atoms with van der Waals surface area (Å²) < 4.78 is 0. The van der Waals surface area contributed by atoms with Crippen LogP contribution in [-0.4, -0.2) is 30.9 Å². The van der Waals surface area contributed by atoms with Gasteiger partial charge in [0, 0.05) is 12.0 Å². The van der Waals surface area contributed by atoms with Crippen LogP contribution in [0.5, 0.6) is 0 Å². The van der Waals surface area contributed by atoms with E-state index in [1.807, 2.05) is 26.0 Å². The van der Waals surface area contributed by atoms with E-state index in [1.54, 1.807) is 12.1 Å². The van der Waals surface area contributed by atoms with Gasteiger partial charge in [-0.3, -0.25) is 9.59 Å². The Morgan fingerprint density at radius 2 is 1.91 bits per heavy atom. The molecule has 5 heteroatoms. The molecule has 1 atom stereocenters. The van der Waals surface area contributed by atoms with Crippen LogP contribution in [0.3, 0.4) is 0 Å². The number of piperidine rings is 1. The molecule has 1 heterocycles. The molecule has 2 amide bonds. The first-order chi connectivity index (χ1) is 11.0. The van der Waals surface area contributed by atoms with Crippen molar-refractivity contribution in [2.45, 2.75) is 39.2 Å². The monoisotopic (exact) mass is 315 g/mol.